The average molecular weight is 210 g/mol. The van der Waals surface area contributed by atoms with E-state index < -0.39 is 0 Å². The summed E-state index contributed by atoms with van der Waals surface area (Å²) < 4.78 is 5.12. The van der Waals surface area contributed by atoms with E-state index in [2.05, 4.69) is 6.07 Å². The zero-order chi connectivity index (χ0) is 9.97. The van der Waals surface area contributed by atoms with E-state index in [1.807, 2.05) is 18.2 Å². The lowest BCUT2D eigenvalue weighted by atomic mass is 10.1. The van der Waals surface area contributed by atoms with Crippen molar-refractivity contribution in [1.29, 1.82) is 0 Å². The second kappa shape index (κ2) is 4.34. The number of hydrogen-bond acceptors (Lipinski definition) is 3. The van der Waals surface area contributed by atoms with Gasteiger partial charge in [0.2, 0.25) is 0 Å². The third-order valence-electron chi connectivity index (χ3n) is 2.27. The summed E-state index contributed by atoms with van der Waals surface area (Å²) in [4.78, 5) is 1.18. The van der Waals surface area contributed by atoms with E-state index in [9.17, 15) is 5.11 Å². The van der Waals surface area contributed by atoms with Crippen molar-refractivity contribution >= 4 is 11.8 Å². The summed E-state index contributed by atoms with van der Waals surface area (Å²) in [6.07, 6.45) is -0.389. The van der Waals surface area contributed by atoms with Crippen molar-refractivity contribution in [1.82, 2.24) is 0 Å². The number of benzene rings is 1. The smallest absolute Gasteiger partial charge is 0.0772 e. The molecule has 1 aliphatic rings. The van der Waals surface area contributed by atoms with E-state index in [-0.39, 0.29) is 6.10 Å². The fraction of sp³-hybridized carbons (Fsp3) is 0.455. The Morgan fingerprint density at radius 2 is 2.14 bits per heavy atom. The number of hydrogen-bond donors (Lipinski definition) is 1. The Balaban J connectivity index is 2.13. The highest BCUT2D eigenvalue weighted by molar-refractivity contribution is 8.00. The summed E-state index contributed by atoms with van der Waals surface area (Å²) in [6.45, 7) is 3.47. The van der Waals surface area contributed by atoms with E-state index in [1.54, 1.807) is 18.7 Å². The largest absolute Gasteiger partial charge is 0.389 e. The van der Waals surface area contributed by atoms with Gasteiger partial charge in [0.15, 0.2) is 0 Å². The Bertz CT molecular complexity index is 308. The molecule has 0 radical (unpaired) electrons. The van der Waals surface area contributed by atoms with Gasteiger partial charge >= 0.3 is 0 Å². The highest BCUT2D eigenvalue weighted by atomic mass is 32.2. The van der Waals surface area contributed by atoms with Crippen LogP contribution in [-0.4, -0.2) is 23.6 Å². The van der Waals surface area contributed by atoms with Gasteiger partial charge in [-0.2, -0.15) is 0 Å². The Labute approximate surface area is 88.3 Å². The van der Waals surface area contributed by atoms with Crippen molar-refractivity contribution in [2.75, 3.05) is 13.2 Å². The van der Waals surface area contributed by atoms with Gasteiger partial charge in [0.05, 0.1) is 24.6 Å². The van der Waals surface area contributed by atoms with Crippen molar-refractivity contribution in [2.24, 2.45) is 0 Å². The van der Waals surface area contributed by atoms with Crippen LogP contribution in [-0.2, 0) is 4.74 Å². The molecule has 14 heavy (non-hydrogen) atoms. The first-order valence-corrected chi connectivity index (χ1v) is 5.66. The van der Waals surface area contributed by atoms with Gasteiger partial charge in [0, 0.05) is 4.90 Å². The molecule has 2 nitrogen and oxygen atoms in total. The molecule has 0 aromatic heterocycles. The molecule has 76 valence electrons. The highest BCUT2D eigenvalue weighted by Crippen LogP contribution is 2.33. The van der Waals surface area contributed by atoms with Crippen molar-refractivity contribution in [3.63, 3.8) is 0 Å². The molecule has 1 saturated heterocycles. The molecular weight excluding hydrogens is 196 g/mol. The second-order valence-corrected chi connectivity index (χ2v) is 4.83. The van der Waals surface area contributed by atoms with Crippen LogP contribution in [0.5, 0.6) is 0 Å². The van der Waals surface area contributed by atoms with Gasteiger partial charge in [-0.25, -0.2) is 0 Å². The molecule has 1 unspecified atom stereocenters. The van der Waals surface area contributed by atoms with Gasteiger partial charge in [-0.05, 0) is 18.6 Å². The van der Waals surface area contributed by atoms with Crippen molar-refractivity contribution in [3.8, 4) is 0 Å². The molecular formula is C11H14O2S. The normalized spacial score (nSPS) is 19.0. The summed E-state index contributed by atoms with van der Waals surface area (Å²) in [5.74, 6) is 0. The van der Waals surface area contributed by atoms with Crippen molar-refractivity contribution in [2.45, 2.75) is 23.2 Å². The standard InChI is InChI=1S/C11H14O2S/c1-8(12)10-4-2-3-5-11(10)14-9-6-13-7-9/h2-5,8-9,12H,6-7H2,1H3. The fourth-order valence-electron chi connectivity index (χ4n) is 1.39. The van der Waals surface area contributed by atoms with Crippen LogP contribution in [0.3, 0.4) is 0 Å². The first-order chi connectivity index (χ1) is 6.77. The summed E-state index contributed by atoms with van der Waals surface area (Å²) in [5.41, 5.74) is 1.02. The Kier molecular flexibility index (Phi) is 3.11. The van der Waals surface area contributed by atoms with Crippen LogP contribution in [0.1, 0.15) is 18.6 Å². The molecule has 1 fully saturated rings. The summed E-state index contributed by atoms with van der Waals surface area (Å²) in [5, 5.41) is 10.1. The fourth-order valence-corrected chi connectivity index (χ4v) is 2.61. The minimum absolute atomic E-state index is 0.389. The second-order valence-electron chi connectivity index (χ2n) is 3.49. The monoisotopic (exact) mass is 210 g/mol. The average Bonchev–Trinajstić information content (AvgIpc) is 2.12. The number of aliphatic hydroxyl groups is 1. The van der Waals surface area contributed by atoms with E-state index >= 15 is 0 Å². The molecule has 1 atom stereocenters. The molecule has 1 aromatic carbocycles. The van der Waals surface area contributed by atoms with Crippen LogP contribution in [0.4, 0.5) is 0 Å². The summed E-state index contributed by atoms with van der Waals surface area (Å²) in [6, 6.07) is 8.01. The van der Waals surface area contributed by atoms with Gasteiger partial charge in [0.1, 0.15) is 0 Å². The van der Waals surface area contributed by atoms with Gasteiger partial charge in [-0.3, -0.25) is 0 Å². The van der Waals surface area contributed by atoms with Crippen LogP contribution in [0.2, 0.25) is 0 Å². The van der Waals surface area contributed by atoms with Gasteiger partial charge < -0.3 is 9.84 Å². The van der Waals surface area contributed by atoms with E-state index in [4.69, 9.17) is 4.74 Å². The zero-order valence-corrected chi connectivity index (χ0v) is 8.96. The first kappa shape index (κ1) is 10.0. The van der Waals surface area contributed by atoms with Crippen molar-refractivity contribution in [3.05, 3.63) is 29.8 Å². The molecule has 1 aliphatic heterocycles. The minimum atomic E-state index is -0.389. The molecule has 0 bridgehead atoms. The third-order valence-corrected chi connectivity index (χ3v) is 3.50. The maximum Gasteiger partial charge on any atom is 0.0772 e. The zero-order valence-electron chi connectivity index (χ0n) is 8.14. The maximum absolute atomic E-state index is 9.56. The number of rotatable bonds is 3. The number of aliphatic hydroxyl groups excluding tert-OH is 1. The van der Waals surface area contributed by atoms with Crippen LogP contribution in [0.25, 0.3) is 0 Å². The van der Waals surface area contributed by atoms with E-state index in [1.165, 1.54) is 4.90 Å². The van der Waals surface area contributed by atoms with Crippen LogP contribution < -0.4 is 0 Å². The molecule has 1 aromatic rings. The SMILES string of the molecule is CC(O)c1ccccc1SC1COC1. The molecule has 1 N–H and O–H groups in total. The molecule has 2 rings (SSSR count). The number of thioether (sulfide) groups is 1. The lowest BCUT2D eigenvalue weighted by Gasteiger charge is -2.26. The van der Waals surface area contributed by atoms with Gasteiger partial charge in [0.25, 0.3) is 0 Å². The Morgan fingerprint density at radius 3 is 2.71 bits per heavy atom. The molecule has 3 heteroatoms. The molecule has 1 heterocycles. The number of ether oxygens (including phenoxy) is 1. The lowest BCUT2D eigenvalue weighted by Crippen LogP contribution is -2.30. The third kappa shape index (κ3) is 2.11. The topological polar surface area (TPSA) is 29.5 Å². The first-order valence-electron chi connectivity index (χ1n) is 4.79. The Hall–Kier alpha value is -0.510. The lowest BCUT2D eigenvalue weighted by molar-refractivity contribution is 0.0455. The maximum atomic E-state index is 9.56. The molecule has 0 spiro atoms. The van der Waals surface area contributed by atoms with E-state index in [0.29, 0.717) is 5.25 Å². The van der Waals surface area contributed by atoms with Crippen molar-refractivity contribution < 1.29 is 9.84 Å². The molecule has 0 aliphatic carbocycles. The predicted octanol–water partition coefficient (Wildman–Crippen LogP) is 2.23. The summed E-state index contributed by atoms with van der Waals surface area (Å²) in [7, 11) is 0. The minimum Gasteiger partial charge on any atom is -0.389 e. The van der Waals surface area contributed by atoms with Crippen LogP contribution >= 0.6 is 11.8 Å². The van der Waals surface area contributed by atoms with E-state index in [0.717, 1.165) is 18.8 Å². The van der Waals surface area contributed by atoms with Gasteiger partial charge in [-0.1, -0.05) is 18.2 Å². The quantitative estimate of drug-likeness (QED) is 0.829. The van der Waals surface area contributed by atoms with Gasteiger partial charge in [-0.15, -0.1) is 11.8 Å². The Morgan fingerprint density at radius 1 is 1.43 bits per heavy atom. The van der Waals surface area contributed by atoms with Crippen LogP contribution in [0.15, 0.2) is 29.2 Å². The van der Waals surface area contributed by atoms with Crippen LogP contribution in [0, 0.1) is 0 Å². The molecule has 0 amide bonds. The summed E-state index contributed by atoms with van der Waals surface area (Å²) >= 11 is 1.80. The molecule has 0 saturated carbocycles. The highest BCUT2D eigenvalue weighted by Gasteiger charge is 2.21. The predicted molar refractivity (Wildman–Crippen MR) is 57.5 cm³/mol.